The molecule has 0 bridgehead atoms. The average molecular weight is 156 g/mol. The molecular formula is C12H12. The van der Waals surface area contributed by atoms with Crippen LogP contribution in [0.3, 0.4) is 0 Å². The van der Waals surface area contributed by atoms with Crippen molar-refractivity contribution >= 4 is 12.7 Å². The van der Waals surface area contributed by atoms with Crippen molar-refractivity contribution in [1.82, 2.24) is 0 Å². The van der Waals surface area contributed by atoms with Gasteiger partial charge in [0.15, 0.2) is 0 Å². The molecule has 1 aromatic rings. The van der Waals surface area contributed by atoms with Crippen LogP contribution in [0.25, 0.3) is 12.7 Å². The first kappa shape index (κ1) is 8.54. The van der Waals surface area contributed by atoms with Crippen LogP contribution in [0.2, 0.25) is 0 Å². The summed E-state index contributed by atoms with van der Waals surface area (Å²) in [5.41, 5.74) is 0. The highest BCUT2D eigenvalue weighted by Crippen LogP contribution is 1.75. The molecule has 1 rings (SSSR count). The van der Waals surface area contributed by atoms with Crippen LogP contribution in [-0.2, 0) is 0 Å². The second kappa shape index (κ2) is 4.35. The van der Waals surface area contributed by atoms with E-state index in [0.29, 0.717) is 0 Å². The summed E-state index contributed by atoms with van der Waals surface area (Å²) >= 11 is 0. The molecule has 0 heterocycles. The predicted octanol–water partition coefficient (Wildman–Crippen LogP) is 1.62. The minimum atomic E-state index is 1.05. The monoisotopic (exact) mass is 156 g/mol. The third-order valence-electron chi connectivity index (χ3n) is 1.58. The lowest BCUT2D eigenvalue weighted by Gasteiger charge is -1.84. The molecule has 0 heteroatoms. The SMILES string of the molecule is C=C/C=C\C=c1\ccccc1=C. The van der Waals surface area contributed by atoms with Crippen molar-refractivity contribution in [3.05, 3.63) is 59.5 Å². The number of allylic oxidation sites excluding steroid dienone is 3. The lowest BCUT2D eigenvalue weighted by Crippen LogP contribution is -2.21. The zero-order valence-electron chi connectivity index (χ0n) is 7.03. The van der Waals surface area contributed by atoms with Gasteiger partial charge in [-0.15, -0.1) is 0 Å². The van der Waals surface area contributed by atoms with Crippen molar-refractivity contribution in [3.63, 3.8) is 0 Å². The van der Waals surface area contributed by atoms with Gasteiger partial charge in [0.05, 0.1) is 0 Å². The van der Waals surface area contributed by atoms with Crippen LogP contribution in [0.5, 0.6) is 0 Å². The van der Waals surface area contributed by atoms with E-state index in [4.69, 9.17) is 0 Å². The summed E-state index contributed by atoms with van der Waals surface area (Å²) in [6.45, 7) is 7.50. The fraction of sp³-hybridized carbons (Fsp3) is 0. The normalized spacial score (nSPS) is 12.2. The van der Waals surface area contributed by atoms with Crippen molar-refractivity contribution in [2.45, 2.75) is 0 Å². The van der Waals surface area contributed by atoms with E-state index in [-0.39, 0.29) is 0 Å². The highest BCUT2D eigenvalue weighted by atomic mass is 13.8. The standard InChI is InChI=1S/C12H12/c1-3-4-5-9-12-10-7-6-8-11(12)2/h3-10H,1-2H2/b5-4-,12-9-. The van der Waals surface area contributed by atoms with Gasteiger partial charge >= 0.3 is 0 Å². The van der Waals surface area contributed by atoms with Gasteiger partial charge in [-0.1, -0.05) is 61.7 Å². The molecule has 0 aliphatic rings. The quantitative estimate of drug-likeness (QED) is 0.571. The highest BCUT2D eigenvalue weighted by molar-refractivity contribution is 5.38. The molecule has 0 N–H and O–H groups in total. The van der Waals surface area contributed by atoms with Gasteiger partial charge in [0, 0.05) is 0 Å². The van der Waals surface area contributed by atoms with Gasteiger partial charge < -0.3 is 0 Å². The van der Waals surface area contributed by atoms with E-state index in [1.165, 1.54) is 0 Å². The summed E-state index contributed by atoms with van der Waals surface area (Å²) in [6, 6.07) is 8.02. The average Bonchev–Trinajstić information content (AvgIpc) is 2.09. The van der Waals surface area contributed by atoms with Crippen molar-refractivity contribution < 1.29 is 0 Å². The molecule has 0 spiro atoms. The lowest BCUT2D eigenvalue weighted by atomic mass is 10.2. The maximum Gasteiger partial charge on any atom is -0.0190 e. The first-order valence-electron chi connectivity index (χ1n) is 3.88. The van der Waals surface area contributed by atoms with E-state index in [0.717, 1.165) is 10.4 Å². The molecule has 0 nitrogen and oxygen atoms in total. The predicted molar refractivity (Wildman–Crippen MR) is 55.0 cm³/mol. The van der Waals surface area contributed by atoms with Crippen molar-refractivity contribution in [3.8, 4) is 0 Å². The molecule has 0 aliphatic carbocycles. The number of benzene rings is 1. The van der Waals surface area contributed by atoms with E-state index in [2.05, 4.69) is 13.2 Å². The van der Waals surface area contributed by atoms with E-state index < -0.39 is 0 Å². The van der Waals surface area contributed by atoms with Gasteiger partial charge in [-0.25, -0.2) is 0 Å². The summed E-state index contributed by atoms with van der Waals surface area (Å²) in [4.78, 5) is 0. The Morgan fingerprint density at radius 3 is 2.50 bits per heavy atom. The van der Waals surface area contributed by atoms with Crippen LogP contribution in [0.15, 0.2) is 49.1 Å². The molecule has 0 amide bonds. The Bertz CT molecular complexity index is 383. The minimum absolute atomic E-state index is 1.05. The maximum absolute atomic E-state index is 3.91. The lowest BCUT2D eigenvalue weighted by molar-refractivity contribution is 1.53. The van der Waals surface area contributed by atoms with Crippen LogP contribution in [0.1, 0.15) is 0 Å². The summed E-state index contributed by atoms with van der Waals surface area (Å²) in [5, 5.41) is 2.20. The molecule has 0 saturated carbocycles. The Morgan fingerprint density at radius 1 is 1.08 bits per heavy atom. The number of hydrogen-bond donors (Lipinski definition) is 0. The van der Waals surface area contributed by atoms with E-state index in [1.54, 1.807) is 6.08 Å². The first-order chi connectivity index (χ1) is 5.84. The summed E-state index contributed by atoms with van der Waals surface area (Å²) in [7, 11) is 0. The third-order valence-corrected chi connectivity index (χ3v) is 1.58. The summed E-state index contributed by atoms with van der Waals surface area (Å²) in [6.07, 6.45) is 7.62. The van der Waals surface area contributed by atoms with Gasteiger partial charge in [0.1, 0.15) is 0 Å². The van der Waals surface area contributed by atoms with Crippen LogP contribution >= 0.6 is 0 Å². The van der Waals surface area contributed by atoms with Crippen LogP contribution < -0.4 is 10.4 Å². The molecule has 0 aliphatic heterocycles. The molecule has 0 fully saturated rings. The molecule has 0 unspecified atom stereocenters. The van der Waals surface area contributed by atoms with Gasteiger partial charge in [-0.05, 0) is 10.4 Å². The summed E-state index contributed by atoms with van der Waals surface area (Å²) < 4.78 is 0. The second-order valence-corrected chi connectivity index (χ2v) is 2.49. The van der Waals surface area contributed by atoms with Gasteiger partial charge in [-0.2, -0.15) is 0 Å². The van der Waals surface area contributed by atoms with Crippen LogP contribution in [-0.4, -0.2) is 0 Å². The van der Waals surface area contributed by atoms with Crippen LogP contribution in [0, 0.1) is 0 Å². The zero-order valence-corrected chi connectivity index (χ0v) is 7.03. The molecule has 0 radical (unpaired) electrons. The molecular weight excluding hydrogens is 144 g/mol. The Hall–Kier alpha value is -1.56. The fourth-order valence-corrected chi connectivity index (χ4v) is 0.935. The van der Waals surface area contributed by atoms with Crippen molar-refractivity contribution in [2.75, 3.05) is 0 Å². The Kier molecular flexibility index (Phi) is 3.09. The van der Waals surface area contributed by atoms with Gasteiger partial charge in [0.2, 0.25) is 0 Å². The largest absolute Gasteiger partial charge is 0.0991 e. The minimum Gasteiger partial charge on any atom is -0.0991 e. The fourth-order valence-electron chi connectivity index (χ4n) is 0.935. The Morgan fingerprint density at radius 2 is 1.83 bits per heavy atom. The third kappa shape index (κ3) is 2.24. The van der Waals surface area contributed by atoms with E-state index >= 15 is 0 Å². The molecule has 12 heavy (non-hydrogen) atoms. The Labute approximate surface area is 72.9 Å². The molecule has 0 aromatic heterocycles. The van der Waals surface area contributed by atoms with Crippen molar-refractivity contribution in [2.24, 2.45) is 0 Å². The van der Waals surface area contributed by atoms with Crippen molar-refractivity contribution in [1.29, 1.82) is 0 Å². The second-order valence-electron chi connectivity index (χ2n) is 2.49. The zero-order chi connectivity index (χ0) is 8.81. The maximum atomic E-state index is 3.91. The summed E-state index contributed by atoms with van der Waals surface area (Å²) in [5.74, 6) is 0. The Balaban J connectivity index is 3.10. The molecule has 1 aromatic carbocycles. The highest BCUT2D eigenvalue weighted by Gasteiger charge is 1.76. The van der Waals surface area contributed by atoms with Crippen LogP contribution in [0.4, 0.5) is 0 Å². The van der Waals surface area contributed by atoms with E-state index in [9.17, 15) is 0 Å². The number of hydrogen-bond acceptors (Lipinski definition) is 0. The van der Waals surface area contributed by atoms with Gasteiger partial charge in [-0.3, -0.25) is 0 Å². The molecule has 0 atom stereocenters. The van der Waals surface area contributed by atoms with E-state index in [1.807, 2.05) is 42.5 Å². The first-order valence-corrected chi connectivity index (χ1v) is 3.88. The number of rotatable bonds is 2. The smallest absolute Gasteiger partial charge is 0.0190 e. The van der Waals surface area contributed by atoms with Gasteiger partial charge in [0.25, 0.3) is 0 Å². The molecule has 0 saturated heterocycles. The topological polar surface area (TPSA) is 0 Å². The molecule has 60 valence electrons.